The van der Waals surface area contributed by atoms with Gasteiger partial charge in [-0.1, -0.05) is 0 Å². The standard InChI is InChI=1S/C15H16N2O4/c1-4-19-15(18)12-9(3)21-14(17)10(7-16)13(12)11-6-5-8(2)20-11/h5-6,13H,4,17H2,1-3H3. The second-order valence-electron chi connectivity index (χ2n) is 4.56. The minimum atomic E-state index is -0.712. The van der Waals surface area contributed by atoms with Gasteiger partial charge in [-0.3, -0.25) is 0 Å². The second kappa shape index (κ2) is 5.75. The van der Waals surface area contributed by atoms with Crippen LogP contribution in [0.1, 0.15) is 31.3 Å². The molecule has 1 aliphatic rings. The third kappa shape index (κ3) is 2.63. The van der Waals surface area contributed by atoms with Gasteiger partial charge in [0, 0.05) is 0 Å². The number of hydrogen-bond donors (Lipinski definition) is 1. The Labute approximate surface area is 122 Å². The summed E-state index contributed by atoms with van der Waals surface area (Å²) >= 11 is 0. The lowest BCUT2D eigenvalue weighted by atomic mass is 9.87. The van der Waals surface area contributed by atoms with Crippen molar-refractivity contribution in [2.75, 3.05) is 6.61 Å². The monoisotopic (exact) mass is 288 g/mol. The first-order valence-corrected chi connectivity index (χ1v) is 6.51. The van der Waals surface area contributed by atoms with E-state index in [9.17, 15) is 10.1 Å². The zero-order valence-electron chi connectivity index (χ0n) is 12.1. The number of ether oxygens (including phenoxy) is 2. The minimum absolute atomic E-state index is 0.0258. The van der Waals surface area contributed by atoms with Crippen LogP contribution in [0.2, 0.25) is 0 Å². The van der Waals surface area contributed by atoms with Crippen molar-refractivity contribution < 1.29 is 18.7 Å². The average Bonchev–Trinajstić information content (AvgIpc) is 2.84. The summed E-state index contributed by atoms with van der Waals surface area (Å²) in [5.41, 5.74) is 6.13. The maximum Gasteiger partial charge on any atom is 0.338 e. The van der Waals surface area contributed by atoms with E-state index in [2.05, 4.69) is 0 Å². The normalized spacial score (nSPS) is 18.3. The van der Waals surface area contributed by atoms with E-state index in [1.807, 2.05) is 6.07 Å². The Hall–Kier alpha value is -2.68. The van der Waals surface area contributed by atoms with Crippen LogP contribution in [0.5, 0.6) is 0 Å². The molecule has 1 unspecified atom stereocenters. The van der Waals surface area contributed by atoms with Crippen LogP contribution in [0.15, 0.2) is 39.3 Å². The smallest absolute Gasteiger partial charge is 0.338 e. The summed E-state index contributed by atoms with van der Waals surface area (Å²) in [5.74, 6) is 0.155. The van der Waals surface area contributed by atoms with E-state index in [1.165, 1.54) is 0 Å². The van der Waals surface area contributed by atoms with E-state index in [4.69, 9.17) is 19.6 Å². The molecule has 2 rings (SSSR count). The Bertz CT molecular complexity index is 676. The molecule has 0 radical (unpaired) electrons. The van der Waals surface area contributed by atoms with E-state index >= 15 is 0 Å². The maximum atomic E-state index is 12.2. The summed E-state index contributed by atoms with van der Waals surface area (Å²) in [5, 5.41) is 9.33. The fraction of sp³-hybridized carbons (Fsp3) is 0.333. The maximum absolute atomic E-state index is 12.2. The van der Waals surface area contributed by atoms with Crippen molar-refractivity contribution in [3.05, 3.63) is 46.4 Å². The molecule has 0 aliphatic carbocycles. The van der Waals surface area contributed by atoms with Gasteiger partial charge < -0.3 is 19.6 Å². The molecule has 2 N–H and O–H groups in total. The van der Waals surface area contributed by atoms with Gasteiger partial charge in [0.15, 0.2) is 0 Å². The molecule has 0 saturated heterocycles. The van der Waals surface area contributed by atoms with Gasteiger partial charge in [0.05, 0.1) is 18.1 Å². The van der Waals surface area contributed by atoms with E-state index in [1.54, 1.807) is 32.9 Å². The van der Waals surface area contributed by atoms with Gasteiger partial charge >= 0.3 is 5.97 Å². The first-order chi connectivity index (χ1) is 9.99. The second-order valence-corrected chi connectivity index (χ2v) is 4.56. The van der Waals surface area contributed by atoms with Crippen LogP contribution in [0.4, 0.5) is 0 Å². The number of allylic oxidation sites excluding steroid dienone is 2. The van der Waals surface area contributed by atoms with Crippen molar-refractivity contribution in [2.24, 2.45) is 5.73 Å². The summed E-state index contributed by atoms with van der Waals surface area (Å²) in [6.45, 7) is 5.32. The number of aryl methyl sites for hydroxylation is 1. The van der Waals surface area contributed by atoms with E-state index < -0.39 is 11.9 Å². The van der Waals surface area contributed by atoms with Gasteiger partial charge in [-0.15, -0.1) is 0 Å². The molecule has 1 aromatic heterocycles. The highest BCUT2D eigenvalue weighted by molar-refractivity contribution is 5.92. The van der Waals surface area contributed by atoms with Gasteiger partial charge in [-0.05, 0) is 32.9 Å². The molecule has 1 aliphatic heterocycles. The van der Waals surface area contributed by atoms with Crippen LogP contribution in [-0.2, 0) is 14.3 Å². The third-order valence-corrected chi connectivity index (χ3v) is 3.15. The molecule has 110 valence electrons. The number of nitrogens with two attached hydrogens (primary N) is 1. The highest BCUT2D eigenvalue weighted by Crippen LogP contribution is 2.40. The lowest BCUT2D eigenvalue weighted by Crippen LogP contribution is -2.25. The van der Waals surface area contributed by atoms with E-state index in [0.717, 1.165) is 0 Å². The molecule has 0 spiro atoms. The van der Waals surface area contributed by atoms with Crippen molar-refractivity contribution in [1.82, 2.24) is 0 Å². The first kappa shape index (κ1) is 14.7. The zero-order valence-corrected chi connectivity index (χ0v) is 12.1. The average molecular weight is 288 g/mol. The quantitative estimate of drug-likeness (QED) is 0.856. The number of rotatable bonds is 3. The van der Waals surface area contributed by atoms with Gasteiger partial charge in [-0.25, -0.2) is 4.79 Å². The molecule has 0 bridgehead atoms. The fourth-order valence-corrected chi connectivity index (χ4v) is 2.25. The molecule has 21 heavy (non-hydrogen) atoms. The molecule has 0 fully saturated rings. The topological polar surface area (TPSA) is 98.5 Å². The summed E-state index contributed by atoms with van der Waals surface area (Å²) in [4.78, 5) is 12.2. The van der Waals surface area contributed by atoms with E-state index in [0.29, 0.717) is 17.3 Å². The molecule has 1 atom stereocenters. The predicted octanol–water partition coefficient (Wildman–Crippen LogP) is 2.23. The molecule has 1 aromatic rings. The van der Waals surface area contributed by atoms with Crippen molar-refractivity contribution in [3.63, 3.8) is 0 Å². The third-order valence-electron chi connectivity index (χ3n) is 3.15. The van der Waals surface area contributed by atoms with Crippen molar-refractivity contribution in [2.45, 2.75) is 26.7 Å². The van der Waals surface area contributed by atoms with Crippen LogP contribution in [0, 0.1) is 18.3 Å². The van der Waals surface area contributed by atoms with Crippen LogP contribution >= 0.6 is 0 Å². The fourth-order valence-electron chi connectivity index (χ4n) is 2.25. The Morgan fingerprint density at radius 1 is 1.48 bits per heavy atom. The summed E-state index contributed by atoms with van der Waals surface area (Å²) in [7, 11) is 0. The molecule has 6 heteroatoms. The SMILES string of the molecule is CCOC(=O)C1=C(C)OC(N)=C(C#N)C1c1ccc(C)o1. The summed E-state index contributed by atoms with van der Waals surface area (Å²) in [6.07, 6.45) is 0. The van der Waals surface area contributed by atoms with Crippen LogP contribution in [-0.4, -0.2) is 12.6 Å². The molecule has 0 saturated carbocycles. The summed E-state index contributed by atoms with van der Waals surface area (Å²) < 4.78 is 15.9. The first-order valence-electron chi connectivity index (χ1n) is 6.51. The van der Waals surface area contributed by atoms with Crippen LogP contribution in [0.25, 0.3) is 0 Å². The lowest BCUT2D eigenvalue weighted by Gasteiger charge is -2.25. The Morgan fingerprint density at radius 3 is 2.71 bits per heavy atom. The molecular weight excluding hydrogens is 272 g/mol. The Balaban J connectivity index is 2.57. The summed E-state index contributed by atoms with van der Waals surface area (Å²) in [6, 6.07) is 5.46. The number of hydrogen-bond acceptors (Lipinski definition) is 6. The van der Waals surface area contributed by atoms with E-state index in [-0.39, 0.29) is 23.6 Å². The molecule has 6 nitrogen and oxygen atoms in total. The largest absolute Gasteiger partial charge is 0.465 e. The van der Waals surface area contributed by atoms with Crippen molar-refractivity contribution in [3.8, 4) is 6.07 Å². The molecule has 0 amide bonds. The molecule has 2 heterocycles. The molecule has 0 aromatic carbocycles. The molecular formula is C15H16N2O4. The number of furan rings is 1. The number of carbonyl (C=O) groups excluding carboxylic acids is 1. The van der Waals surface area contributed by atoms with Gasteiger partial charge in [0.1, 0.15) is 28.9 Å². The lowest BCUT2D eigenvalue weighted by molar-refractivity contribution is -0.139. The van der Waals surface area contributed by atoms with Gasteiger partial charge in [0.25, 0.3) is 0 Å². The van der Waals surface area contributed by atoms with Crippen molar-refractivity contribution >= 4 is 5.97 Å². The number of nitrogens with zero attached hydrogens (tertiary/aromatic N) is 1. The van der Waals surface area contributed by atoms with Gasteiger partial charge in [-0.2, -0.15) is 5.26 Å². The zero-order chi connectivity index (χ0) is 15.6. The number of nitriles is 1. The van der Waals surface area contributed by atoms with Crippen molar-refractivity contribution in [1.29, 1.82) is 5.26 Å². The Morgan fingerprint density at radius 2 is 2.19 bits per heavy atom. The predicted molar refractivity (Wildman–Crippen MR) is 73.4 cm³/mol. The van der Waals surface area contributed by atoms with Crippen LogP contribution < -0.4 is 5.73 Å². The highest BCUT2D eigenvalue weighted by atomic mass is 16.5. The van der Waals surface area contributed by atoms with Gasteiger partial charge in [0.2, 0.25) is 5.88 Å². The Kier molecular flexibility index (Phi) is 4.03. The number of carbonyl (C=O) groups is 1. The highest BCUT2D eigenvalue weighted by Gasteiger charge is 2.38. The van der Waals surface area contributed by atoms with Crippen LogP contribution in [0.3, 0.4) is 0 Å². The minimum Gasteiger partial charge on any atom is -0.465 e. The number of esters is 1.